The number of unbranched alkanes of at least 4 members (excludes halogenated alkanes) is 1. The third kappa shape index (κ3) is 4.47. The molecule has 0 aromatic heterocycles. The maximum absolute atomic E-state index is 13.7. The van der Waals surface area contributed by atoms with E-state index in [0.29, 0.717) is 13.2 Å². The minimum Gasteiger partial charge on any atom is -0.491 e. The highest BCUT2D eigenvalue weighted by atomic mass is 19.1. The van der Waals surface area contributed by atoms with Crippen LogP contribution in [-0.2, 0) is 11.3 Å². The number of nitrogens with zero attached hydrogens (tertiary/aromatic N) is 1. The molecule has 0 unspecified atom stereocenters. The Hall–Kier alpha value is -1.55. The molecule has 1 aromatic carbocycles. The number of ether oxygens (including phenoxy) is 1. The summed E-state index contributed by atoms with van der Waals surface area (Å²) in [5.74, 6) is 0.520. The van der Waals surface area contributed by atoms with Crippen LogP contribution in [0.3, 0.4) is 0 Å². The van der Waals surface area contributed by atoms with E-state index in [9.17, 15) is 4.39 Å². The smallest absolute Gasteiger partial charge is 0.147 e. The number of benzene rings is 1. The zero-order valence-corrected chi connectivity index (χ0v) is 14.8. The summed E-state index contributed by atoms with van der Waals surface area (Å²) in [5, 5.41) is 0. The summed E-state index contributed by atoms with van der Waals surface area (Å²) in [6, 6.07) is 4.95. The second kappa shape index (κ2) is 7.35. The molecule has 0 atom stereocenters. The quantitative estimate of drug-likeness (QED) is 0.801. The van der Waals surface area contributed by atoms with Gasteiger partial charge in [0.25, 0.3) is 0 Å². The van der Waals surface area contributed by atoms with E-state index >= 15 is 0 Å². The summed E-state index contributed by atoms with van der Waals surface area (Å²) in [7, 11) is 0. The Kier molecular flexibility index (Phi) is 5.69. The van der Waals surface area contributed by atoms with Crippen LogP contribution in [0.15, 0.2) is 23.9 Å². The van der Waals surface area contributed by atoms with Crippen LogP contribution in [0.2, 0.25) is 0 Å². The maximum Gasteiger partial charge on any atom is 0.147 e. The number of fused-ring (bicyclic) bond motifs is 1. The first kappa shape index (κ1) is 17.8. The molecule has 0 bridgehead atoms. The Balaban J connectivity index is 2.42. The zero-order chi connectivity index (χ0) is 17.0. The monoisotopic (exact) mass is 320 g/mol. The topological polar surface area (TPSA) is 38.5 Å². The van der Waals surface area contributed by atoms with Crippen LogP contribution in [0, 0.1) is 11.2 Å². The van der Waals surface area contributed by atoms with E-state index in [0.717, 1.165) is 48.5 Å². The second-order valence-corrected chi connectivity index (χ2v) is 7.40. The van der Waals surface area contributed by atoms with Gasteiger partial charge in [-0.3, -0.25) is 0 Å². The highest BCUT2D eigenvalue weighted by molar-refractivity contribution is 5.68. The number of hydrogen-bond acceptors (Lipinski definition) is 3. The Morgan fingerprint density at radius 3 is 2.65 bits per heavy atom. The third-order valence-electron chi connectivity index (χ3n) is 3.92. The van der Waals surface area contributed by atoms with Crippen LogP contribution in [0.5, 0.6) is 0 Å². The fourth-order valence-electron chi connectivity index (χ4n) is 2.92. The molecule has 3 nitrogen and oxygen atoms in total. The summed E-state index contributed by atoms with van der Waals surface area (Å²) in [6.07, 6.45) is 2.04. The standard InChI is InChI=1S/C19H29FN2O/c1-5-6-9-23-18-16-10-15(20)8-7-14(16)12-22(17(18)11-21)13-19(2,3)4/h7-8,10H,5-6,9,11-13,21H2,1-4H3. The van der Waals surface area contributed by atoms with E-state index in [-0.39, 0.29) is 11.2 Å². The van der Waals surface area contributed by atoms with Crippen molar-refractivity contribution in [2.24, 2.45) is 11.1 Å². The summed E-state index contributed by atoms with van der Waals surface area (Å²) in [4.78, 5) is 2.28. The van der Waals surface area contributed by atoms with Crippen LogP contribution in [-0.4, -0.2) is 24.6 Å². The minimum atomic E-state index is -0.235. The molecule has 2 rings (SSSR count). The molecule has 0 aliphatic carbocycles. The molecule has 1 aromatic rings. The molecule has 0 amide bonds. The third-order valence-corrected chi connectivity index (χ3v) is 3.92. The number of halogens is 1. The second-order valence-electron chi connectivity index (χ2n) is 7.40. The SMILES string of the molecule is CCCCOC1=C(CN)N(CC(C)(C)C)Cc2ccc(F)cc21. The number of hydrogen-bond donors (Lipinski definition) is 1. The van der Waals surface area contributed by atoms with Gasteiger partial charge in [0.1, 0.15) is 11.6 Å². The Morgan fingerprint density at radius 2 is 2.04 bits per heavy atom. The molecule has 4 heteroatoms. The molecule has 1 aliphatic heterocycles. The van der Waals surface area contributed by atoms with E-state index in [1.165, 1.54) is 6.07 Å². The lowest BCUT2D eigenvalue weighted by Gasteiger charge is -2.38. The van der Waals surface area contributed by atoms with E-state index in [1.807, 2.05) is 6.07 Å². The molecule has 0 saturated carbocycles. The van der Waals surface area contributed by atoms with Crippen LogP contribution < -0.4 is 5.73 Å². The predicted octanol–water partition coefficient (Wildman–Crippen LogP) is 4.13. The van der Waals surface area contributed by atoms with Crippen molar-refractivity contribution in [3.63, 3.8) is 0 Å². The van der Waals surface area contributed by atoms with Crippen molar-refractivity contribution in [3.05, 3.63) is 40.8 Å². The van der Waals surface area contributed by atoms with Gasteiger partial charge in [0.05, 0.1) is 12.3 Å². The van der Waals surface area contributed by atoms with Crippen LogP contribution in [0.4, 0.5) is 4.39 Å². The highest BCUT2D eigenvalue weighted by Gasteiger charge is 2.28. The van der Waals surface area contributed by atoms with Gasteiger partial charge in [-0.25, -0.2) is 4.39 Å². The van der Waals surface area contributed by atoms with E-state index in [4.69, 9.17) is 10.5 Å². The lowest BCUT2D eigenvalue weighted by atomic mass is 9.92. The first-order valence-corrected chi connectivity index (χ1v) is 8.45. The largest absolute Gasteiger partial charge is 0.491 e. The summed E-state index contributed by atoms with van der Waals surface area (Å²) >= 11 is 0. The fraction of sp³-hybridized carbons (Fsp3) is 0.579. The molecule has 2 N–H and O–H groups in total. The van der Waals surface area contributed by atoms with Crippen molar-refractivity contribution in [3.8, 4) is 0 Å². The van der Waals surface area contributed by atoms with Gasteiger partial charge >= 0.3 is 0 Å². The predicted molar refractivity (Wildman–Crippen MR) is 93.1 cm³/mol. The first-order valence-electron chi connectivity index (χ1n) is 8.45. The lowest BCUT2D eigenvalue weighted by molar-refractivity contribution is 0.201. The van der Waals surface area contributed by atoms with Gasteiger partial charge in [0, 0.05) is 25.2 Å². The molecular formula is C19H29FN2O. The van der Waals surface area contributed by atoms with Gasteiger partial charge in [-0.2, -0.15) is 0 Å². The van der Waals surface area contributed by atoms with Crippen molar-refractivity contribution >= 4 is 5.76 Å². The first-order chi connectivity index (χ1) is 10.9. The molecule has 0 spiro atoms. The zero-order valence-electron chi connectivity index (χ0n) is 14.8. The van der Waals surface area contributed by atoms with Crippen molar-refractivity contribution in [1.82, 2.24) is 4.90 Å². The average molecular weight is 320 g/mol. The summed E-state index contributed by atoms with van der Waals surface area (Å²) < 4.78 is 19.8. The average Bonchev–Trinajstić information content (AvgIpc) is 2.46. The molecule has 1 heterocycles. The van der Waals surface area contributed by atoms with Crippen molar-refractivity contribution in [2.45, 2.75) is 47.1 Å². The van der Waals surface area contributed by atoms with Crippen LogP contribution in [0.25, 0.3) is 5.76 Å². The van der Waals surface area contributed by atoms with Gasteiger partial charge < -0.3 is 15.4 Å². The fourth-order valence-corrected chi connectivity index (χ4v) is 2.92. The van der Waals surface area contributed by atoms with Crippen molar-refractivity contribution < 1.29 is 9.13 Å². The van der Waals surface area contributed by atoms with Gasteiger partial charge in [-0.15, -0.1) is 0 Å². The molecule has 0 radical (unpaired) electrons. The van der Waals surface area contributed by atoms with Gasteiger partial charge in [0.15, 0.2) is 0 Å². The number of rotatable bonds is 6. The summed E-state index contributed by atoms with van der Waals surface area (Å²) in [6.45, 7) is 11.4. The molecule has 0 saturated heterocycles. The van der Waals surface area contributed by atoms with E-state index in [2.05, 4.69) is 32.6 Å². The molecule has 0 fully saturated rings. The van der Waals surface area contributed by atoms with Crippen LogP contribution in [0.1, 0.15) is 51.7 Å². The minimum absolute atomic E-state index is 0.145. The Labute approximate surface area is 139 Å². The Bertz CT molecular complexity index is 575. The number of nitrogens with two attached hydrogens (primary N) is 1. The van der Waals surface area contributed by atoms with Gasteiger partial charge in [-0.05, 0) is 29.5 Å². The van der Waals surface area contributed by atoms with Gasteiger partial charge in [0.2, 0.25) is 0 Å². The lowest BCUT2D eigenvalue weighted by Crippen LogP contribution is -2.37. The molecular weight excluding hydrogens is 291 g/mol. The van der Waals surface area contributed by atoms with Crippen molar-refractivity contribution in [2.75, 3.05) is 19.7 Å². The van der Waals surface area contributed by atoms with E-state index < -0.39 is 0 Å². The van der Waals surface area contributed by atoms with Crippen LogP contribution >= 0.6 is 0 Å². The van der Waals surface area contributed by atoms with Gasteiger partial charge in [-0.1, -0.05) is 40.2 Å². The molecule has 1 aliphatic rings. The molecule has 23 heavy (non-hydrogen) atoms. The summed E-state index contributed by atoms with van der Waals surface area (Å²) in [5.41, 5.74) is 9.11. The van der Waals surface area contributed by atoms with E-state index in [1.54, 1.807) is 6.07 Å². The normalized spacial score (nSPS) is 15.0. The highest BCUT2D eigenvalue weighted by Crippen LogP contribution is 2.34. The maximum atomic E-state index is 13.7. The molecule has 128 valence electrons. The van der Waals surface area contributed by atoms with Crippen molar-refractivity contribution in [1.29, 1.82) is 0 Å². The Morgan fingerprint density at radius 1 is 1.30 bits per heavy atom.